The minimum absolute atomic E-state index is 0.00820. The van der Waals surface area contributed by atoms with E-state index < -0.39 is 0 Å². The summed E-state index contributed by atoms with van der Waals surface area (Å²) in [6, 6.07) is 6.93. The molecule has 0 saturated heterocycles. The van der Waals surface area contributed by atoms with E-state index in [9.17, 15) is 14.4 Å². The number of hydrogen-bond donors (Lipinski definition) is 0. The fraction of sp³-hybridized carbons (Fsp3) is 0.625. The number of unbranched alkanes of at least 4 members (excludes halogenated alkanes) is 1. The van der Waals surface area contributed by atoms with Crippen LogP contribution >= 0.6 is 0 Å². The fourth-order valence-electron chi connectivity index (χ4n) is 3.52. The van der Waals surface area contributed by atoms with Gasteiger partial charge in [0.05, 0.1) is 0 Å². The lowest BCUT2D eigenvalue weighted by Crippen LogP contribution is -2.25. The molecular weight excluding hydrogens is 336 g/mol. The van der Waals surface area contributed by atoms with Gasteiger partial charge < -0.3 is 0 Å². The number of Topliss-reactive ketones (excluding diaryl/α,β-unsaturated/α-hetero) is 3. The molecule has 0 aromatic heterocycles. The van der Waals surface area contributed by atoms with Gasteiger partial charge in [-0.1, -0.05) is 78.1 Å². The van der Waals surface area contributed by atoms with Crippen molar-refractivity contribution in [2.45, 2.75) is 73.6 Å². The molecule has 0 fully saturated rings. The molecule has 1 aromatic carbocycles. The Morgan fingerprint density at radius 3 is 1.85 bits per heavy atom. The number of carbonyl (C=O) groups excluding carboxylic acids is 3. The Morgan fingerprint density at radius 2 is 1.37 bits per heavy atom. The Kier molecular flexibility index (Phi) is 9.62. The smallest absolute Gasteiger partial charge is 0.165 e. The Balaban J connectivity index is 2.53. The van der Waals surface area contributed by atoms with Crippen molar-refractivity contribution in [3.63, 3.8) is 0 Å². The molecule has 27 heavy (non-hydrogen) atoms. The molecule has 3 atom stereocenters. The van der Waals surface area contributed by atoms with E-state index in [0.717, 1.165) is 32.1 Å². The second kappa shape index (κ2) is 11.2. The van der Waals surface area contributed by atoms with Crippen molar-refractivity contribution in [3.8, 4) is 0 Å². The van der Waals surface area contributed by atoms with Gasteiger partial charge in [-0.15, -0.1) is 0 Å². The largest absolute Gasteiger partial charge is 0.299 e. The van der Waals surface area contributed by atoms with Gasteiger partial charge in [0, 0.05) is 28.9 Å². The molecule has 0 saturated carbocycles. The van der Waals surface area contributed by atoms with E-state index in [4.69, 9.17) is 0 Å². The number of rotatable bonds is 12. The summed E-state index contributed by atoms with van der Waals surface area (Å²) in [5, 5.41) is 0. The molecule has 3 heteroatoms. The van der Waals surface area contributed by atoms with Gasteiger partial charge in [0.25, 0.3) is 0 Å². The van der Waals surface area contributed by atoms with Gasteiger partial charge in [-0.05, 0) is 25.7 Å². The lowest BCUT2D eigenvalue weighted by atomic mass is 9.80. The van der Waals surface area contributed by atoms with Crippen molar-refractivity contribution in [2.75, 3.05) is 0 Å². The van der Waals surface area contributed by atoms with Crippen molar-refractivity contribution in [2.24, 2.45) is 23.7 Å². The SMILES string of the molecule is CCC(C)C(CCCCC(C)C(=O)c1ccc(C(C)=O)cc1)C(=O)C(C)C. The molecule has 0 radical (unpaired) electrons. The average Bonchev–Trinajstić information content (AvgIpc) is 2.66. The van der Waals surface area contributed by atoms with E-state index in [0.29, 0.717) is 22.8 Å². The lowest BCUT2D eigenvalue weighted by Gasteiger charge is -2.23. The number of benzene rings is 1. The maximum Gasteiger partial charge on any atom is 0.165 e. The zero-order valence-corrected chi connectivity index (χ0v) is 17.9. The van der Waals surface area contributed by atoms with Gasteiger partial charge in [0.1, 0.15) is 5.78 Å². The second-order valence-electron chi connectivity index (χ2n) is 8.23. The molecule has 3 nitrogen and oxygen atoms in total. The third-order valence-corrected chi connectivity index (χ3v) is 5.69. The highest BCUT2D eigenvalue weighted by molar-refractivity contribution is 5.99. The van der Waals surface area contributed by atoms with Crippen molar-refractivity contribution in [3.05, 3.63) is 35.4 Å². The Labute approximate surface area is 164 Å². The molecule has 0 aliphatic heterocycles. The van der Waals surface area contributed by atoms with Crippen molar-refractivity contribution >= 4 is 17.3 Å². The molecule has 3 unspecified atom stereocenters. The van der Waals surface area contributed by atoms with Gasteiger partial charge in [-0.25, -0.2) is 0 Å². The van der Waals surface area contributed by atoms with Crippen LogP contribution in [0.15, 0.2) is 24.3 Å². The Hall–Kier alpha value is -1.77. The summed E-state index contributed by atoms with van der Waals surface area (Å²) in [5.74, 6) is 1.10. The molecule has 0 heterocycles. The summed E-state index contributed by atoms with van der Waals surface area (Å²) in [5.41, 5.74) is 1.30. The van der Waals surface area contributed by atoms with Crippen LogP contribution in [0.1, 0.15) is 94.4 Å². The van der Waals surface area contributed by atoms with E-state index in [1.54, 1.807) is 24.3 Å². The second-order valence-corrected chi connectivity index (χ2v) is 8.23. The van der Waals surface area contributed by atoms with Gasteiger partial charge in [-0.3, -0.25) is 14.4 Å². The molecular formula is C24H36O3. The molecule has 1 aromatic rings. The topological polar surface area (TPSA) is 51.2 Å². The van der Waals surface area contributed by atoms with Gasteiger partial charge in [0.2, 0.25) is 0 Å². The predicted molar refractivity (Wildman–Crippen MR) is 111 cm³/mol. The summed E-state index contributed by atoms with van der Waals surface area (Å²) in [7, 11) is 0. The van der Waals surface area contributed by atoms with Crippen LogP contribution in [0.25, 0.3) is 0 Å². The van der Waals surface area contributed by atoms with Gasteiger partial charge >= 0.3 is 0 Å². The molecule has 0 spiro atoms. The summed E-state index contributed by atoms with van der Waals surface area (Å²) in [4.78, 5) is 36.4. The summed E-state index contributed by atoms with van der Waals surface area (Å²) in [6.45, 7) is 11.8. The molecule has 1 rings (SSSR count). The van der Waals surface area contributed by atoms with Crippen LogP contribution in [0.5, 0.6) is 0 Å². The average molecular weight is 373 g/mol. The standard InChI is InChI=1S/C24H36O3/c1-7-17(4)22(23(26)16(2)3)11-9-8-10-18(5)24(27)21-14-12-20(13-15-21)19(6)25/h12-18,22H,7-11H2,1-6H3. The zero-order chi connectivity index (χ0) is 20.6. The minimum atomic E-state index is -0.0453. The summed E-state index contributed by atoms with van der Waals surface area (Å²) in [6.07, 6.45) is 4.70. The first kappa shape index (κ1) is 23.3. The summed E-state index contributed by atoms with van der Waals surface area (Å²) >= 11 is 0. The maximum atomic E-state index is 12.6. The first-order chi connectivity index (χ1) is 12.7. The predicted octanol–water partition coefficient (Wildman–Crippen LogP) is 6.16. The maximum absolute atomic E-state index is 12.6. The van der Waals surface area contributed by atoms with E-state index in [1.165, 1.54) is 6.92 Å². The van der Waals surface area contributed by atoms with Crippen LogP contribution in [-0.4, -0.2) is 17.3 Å². The third kappa shape index (κ3) is 7.04. The summed E-state index contributed by atoms with van der Waals surface area (Å²) < 4.78 is 0. The van der Waals surface area contributed by atoms with Crippen LogP contribution in [0.2, 0.25) is 0 Å². The van der Waals surface area contributed by atoms with Crippen LogP contribution in [0, 0.1) is 23.7 Å². The number of hydrogen-bond acceptors (Lipinski definition) is 3. The van der Waals surface area contributed by atoms with Crippen molar-refractivity contribution < 1.29 is 14.4 Å². The first-order valence-electron chi connectivity index (χ1n) is 10.4. The Morgan fingerprint density at radius 1 is 0.852 bits per heavy atom. The Bertz CT molecular complexity index is 628. The monoisotopic (exact) mass is 372 g/mol. The minimum Gasteiger partial charge on any atom is -0.299 e. The van der Waals surface area contributed by atoms with Crippen LogP contribution in [0.4, 0.5) is 0 Å². The number of ketones is 3. The molecule has 0 aliphatic rings. The lowest BCUT2D eigenvalue weighted by molar-refractivity contribution is -0.127. The van der Waals surface area contributed by atoms with E-state index in [-0.39, 0.29) is 29.3 Å². The fourth-order valence-corrected chi connectivity index (χ4v) is 3.52. The molecule has 0 amide bonds. The van der Waals surface area contributed by atoms with Crippen LogP contribution in [0.3, 0.4) is 0 Å². The normalized spacial score (nSPS) is 14.6. The van der Waals surface area contributed by atoms with E-state index in [1.807, 2.05) is 20.8 Å². The zero-order valence-electron chi connectivity index (χ0n) is 17.9. The highest BCUT2D eigenvalue weighted by atomic mass is 16.1. The highest BCUT2D eigenvalue weighted by Gasteiger charge is 2.25. The third-order valence-electron chi connectivity index (χ3n) is 5.69. The van der Waals surface area contributed by atoms with Crippen molar-refractivity contribution in [1.29, 1.82) is 0 Å². The van der Waals surface area contributed by atoms with Gasteiger partial charge in [0.15, 0.2) is 11.6 Å². The molecule has 0 bridgehead atoms. The number of carbonyl (C=O) groups is 3. The first-order valence-corrected chi connectivity index (χ1v) is 10.4. The van der Waals surface area contributed by atoms with E-state index >= 15 is 0 Å². The van der Waals surface area contributed by atoms with Crippen molar-refractivity contribution in [1.82, 2.24) is 0 Å². The van der Waals surface area contributed by atoms with Crippen LogP contribution in [-0.2, 0) is 4.79 Å². The molecule has 0 N–H and O–H groups in total. The highest BCUT2D eigenvalue weighted by Crippen LogP contribution is 2.26. The van der Waals surface area contributed by atoms with Crippen LogP contribution < -0.4 is 0 Å². The molecule has 150 valence electrons. The van der Waals surface area contributed by atoms with E-state index in [2.05, 4.69) is 13.8 Å². The molecule has 0 aliphatic carbocycles. The van der Waals surface area contributed by atoms with Gasteiger partial charge in [-0.2, -0.15) is 0 Å². The quantitative estimate of drug-likeness (QED) is 0.326.